The van der Waals surface area contributed by atoms with Crippen molar-refractivity contribution >= 4 is 17.9 Å². The lowest BCUT2D eigenvalue weighted by Gasteiger charge is -2.18. The van der Waals surface area contributed by atoms with Gasteiger partial charge < -0.3 is 14.2 Å². The van der Waals surface area contributed by atoms with E-state index in [0.29, 0.717) is 19.3 Å². The molecule has 0 aromatic rings. The summed E-state index contributed by atoms with van der Waals surface area (Å²) >= 11 is 0. The molecular weight excluding hydrogens is 829 g/mol. The van der Waals surface area contributed by atoms with Crippen LogP contribution in [0.2, 0.25) is 0 Å². The largest absolute Gasteiger partial charge is 0.462 e. The molecule has 6 heteroatoms. The van der Waals surface area contributed by atoms with Gasteiger partial charge in [0.15, 0.2) is 6.10 Å². The second kappa shape index (κ2) is 54.9. The van der Waals surface area contributed by atoms with Crippen molar-refractivity contribution in [2.24, 2.45) is 0 Å². The zero-order chi connectivity index (χ0) is 48.6. The summed E-state index contributed by atoms with van der Waals surface area (Å²) < 4.78 is 16.8. The molecule has 0 bridgehead atoms. The maximum absolute atomic E-state index is 12.8. The molecule has 0 aromatic carbocycles. The number of unbranched alkanes of at least 4 members (excludes halogenated alkanes) is 22. The summed E-state index contributed by atoms with van der Waals surface area (Å²) in [5.41, 5.74) is 0. The Kier molecular flexibility index (Phi) is 51.9. The summed E-state index contributed by atoms with van der Waals surface area (Å²) in [6.45, 7) is 6.36. The molecule has 0 saturated carbocycles. The molecule has 1 unspecified atom stereocenters. The van der Waals surface area contributed by atoms with Crippen LogP contribution in [0.1, 0.15) is 252 Å². The van der Waals surface area contributed by atoms with E-state index in [1.54, 1.807) is 0 Å². The molecule has 6 nitrogen and oxygen atoms in total. The molecule has 0 aliphatic carbocycles. The number of rotatable bonds is 49. The van der Waals surface area contributed by atoms with Gasteiger partial charge in [-0.15, -0.1) is 0 Å². The lowest BCUT2D eigenvalue weighted by Crippen LogP contribution is -2.30. The van der Waals surface area contributed by atoms with Gasteiger partial charge in [-0.1, -0.05) is 214 Å². The van der Waals surface area contributed by atoms with Crippen molar-refractivity contribution in [3.05, 3.63) is 97.2 Å². The average molecular weight is 931 g/mol. The molecule has 0 aliphatic rings. The van der Waals surface area contributed by atoms with Crippen molar-refractivity contribution in [1.82, 2.24) is 0 Å². The van der Waals surface area contributed by atoms with E-state index in [9.17, 15) is 14.4 Å². The van der Waals surface area contributed by atoms with E-state index < -0.39 is 6.10 Å². The van der Waals surface area contributed by atoms with Crippen LogP contribution in [0, 0.1) is 0 Å². The van der Waals surface area contributed by atoms with Crippen molar-refractivity contribution < 1.29 is 28.6 Å². The van der Waals surface area contributed by atoms with Crippen LogP contribution in [0.15, 0.2) is 97.2 Å². The SMILES string of the molecule is CC/C=C\C/C=C\C/C=C\CCCCCCCC(=O)OCC(COC(=O)CCCCCCCCCCC/C=C\C/C=C\CCCCC)OC(=O)CCCCCCC/C=C\C/C=C\C/C=C\CC. The van der Waals surface area contributed by atoms with Crippen LogP contribution in [0.4, 0.5) is 0 Å². The van der Waals surface area contributed by atoms with Gasteiger partial charge in [0.25, 0.3) is 0 Å². The molecule has 1 atom stereocenters. The zero-order valence-corrected chi connectivity index (χ0v) is 43.6. The van der Waals surface area contributed by atoms with Crippen molar-refractivity contribution in [3.8, 4) is 0 Å². The van der Waals surface area contributed by atoms with Gasteiger partial charge in [0.05, 0.1) is 0 Å². The van der Waals surface area contributed by atoms with Crippen LogP contribution in [0.5, 0.6) is 0 Å². The number of allylic oxidation sites excluding steroid dienone is 16. The topological polar surface area (TPSA) is 78.9 Å². The first-order valence-electron chi connectivity index (χ1n) is 27.7. The number of ether oxygens (including phenoxy) is 3. The molecule has 0 aliphatic heterocycles. The second-order valence-electron chi connectivity index (χ2n) is 18.1. The molecule has 0 saturated heterocycles. The fourth-order valence-electron chi connectivity index (χ4n) is 7.44. The highest BCUT2D eigenvalue weighted by Gasteiger charge is 2.19. The molecule has 382 valence electrons. The number of hydrogen-bond donors (Lipinski definition) is 0. The third kappa shape index (κ3) is 53.2. The van der Waals surface area contributed by atoms with E-state index in [1.807, 2.05) is 0 Å². The summed E-state index contributed by atoms with van der Waals surface area (Å²) in [5, 5.41) is 0. The van der Waals surface area contributed by atoms with E-state index in [1.165, 1.54) is 70.6 Å². The minimum absolute atomic E-state index is 0.0932. The van der Waals surface area contributed by atoms with Gasteiger partial charge in [0.2, 0.25) is 0 Å². The first-order chi connectivity index (χ1) is 33.0. The van der Waals surface area contributed by atoms with Crippen LogP contribution >= 0.6 is 0 Å². The van der Waals surface area contributed by atoms with Crippen LogP contribution < -0.4 is 0 Å². The Hall–Kier alpha value is -3.67. The molecule has 67 heavy (non-hydrogen) atoms. The highest BCUT2D eigenvalue weighted by atomic mass is 16.6. The Bertz CT molecular complexity index is 1350. The third-order valence-electron chi connectivity index (χ3n) is 11.6. The lowest BCUT2D eigenvalue weighted by atomic mass is 10.1. The Morgan fingerprint density at radius 1 is 0.313 bits per heavy atom. The molecule has 0 amide bonds. The molecule has 0 fully saturated rings. The maximum atomic E-state index is 12.8. The summed E-state index contributed by atoms with van der Waals surface area (Å²) in [6.07, 6.45) is 72.5. The van der Waals surface area contributed by atoms with Gasteiger partial charge in [-0.3, -0.25) is 14.4 Å². The summed E-state index contributed by atoms with van der Waals surface area (Å²) in [5.74, 6) is -0.931. The predicted octanol–water partition coefficient (Wildman–Crippen LogP) is 18.5. The van der Waals surface area contributed by atoms with Gasteiger partial charge in [-0.2, -0.15) is 0 Å². The highest BCUT2D eigenvalue weighted by molar-refractivity contribution is 5.71. The fourth-order valence-corrected chi connectivity index (χ4v) is 7.44. The van der Waals surface area contributed by atoms with Gasteiger partial charge in [0, 0.05) is 19.3 Å². The normalized spacial score (nSPS) is 12.8. The van der Waals surface area contributed by atoms with Crippen molar-refractivity contribution in [3.63, 3.8) is 0 Å². The van der Waals surface area contributed by atoms with E-state index in [0.717, 1.165) is 141 Å². The smallest absolute Gasteiger partial charge is 0.306 e. The van der Waals surface area contributed by atoms with Crippen molar-refractivity contribution in [2.75, 3.05) is 13.2 Å². The zero-order valence-electron chi connectivity index (χ0n) is 43.6. The Morgan fingerprint density at radius 3 is 0.910 bits per heavy atom. The van der Waals surface area contributed by atoms with Gasteiger partial charge in [0.1, 0.15) is 13.2 Å². The molecular formula is C61H102O6. The van der Waals surface area contributed by atoms with Crippen LogP contribution in [-0.4, -0.2) is 37.2 Å². The van der Waals surface area contributed by atoms with Gasteiger partial charge in [-0.25, -0.2) is 0 Å². The maximum Gasteiger partial charge on any atom is 0.306 e. The lowest BCUT2D eigenvalue weighted by molar-refractivity contribution is -0.167. The molecule has 0 N–H and O–H groups in total. The predicted molar refractivity (Wildman–Crippen MR) is 288 cm³/mol. The molecule has 0 radical (unpaired) electrons. The van der Waals surface area contributed by atoms with E-state index >= 15 is 0 Å². The minimum Gasteiger partial charge on any atom is -0.462 e. The van der Waals surface area contributed by atoms with Gasteiger partial charge in [-0.05, 0) is 116 Å². The minimum atomic E-state index is -0.797. The monoisotopic (exact) mass is 931 g/mol. The number of carbonyl (C=O) groups is 3. The van der Waals surface area contributed by atoms with E-state index in [2.05, 4.69) is 118 Å². The van der Waals surface area contributed by atoms with Crippen LogP contribution in [-0.2, 0) is 28.6 Å². The van der Waals surface area contributed by atoms with E-state index in [4.69, 9.17) is 14.2 Å². The van der Waals surface area contributed by atoms with Crippen molar-refractivity contribution in [2.45, 2.75) is 258 Å². The summed E-state index contributed by atoms with van der Waals surface area (Å²) in [7, 11) is 0. The third-order valence-corrected chi connectivity index (χ3v) is 11.6. The number of carbonyl (C=O) groups excluding carboxylic acids is 3. The Labute approximate surface area is 413 Å². The standard InChI is InChI=1S/C61H102O6/c1-4-7-10-13-16-19-22-25-28-29-30-31-34-36-39-42-45-48-51-54-60(63)66-57-58(67-61(64)55-52-49-46-43-40-37-33-27-24-21-18-15-12-9-6-3)56-65-59(62)53-50-47-44-41-38-35-32-26-23-20-17-14-11-8-5-2/h8-9,11-12,16-21,25-28,32-33,58H,4-7,10,13-15,22-24,29-31,34-57H2,1-3H3/b11-8-,12-9-,19-16-,20-17-,21-18-,28-25-,32-26-,33-27-. The molecule has 0 heterocycles. The molecule has 0 aromatic heterocycles. The summed E-state index contributed by atoms with van der Waals surface area (Å²) in [4.78, 5) is 38.1. The Morgan fingerprint density at radius 2 is 0.582 bits per heavy atom. The summed E-state index contributed by atoms with van der Waals surface area (Å²) in [6, 6.07) is 0. The first-order valence-corrected chi connectivity index (χ1v) is 27.7. The molecule has 0 rings (SSSR count). The second-order valence-corrected chi connectivity index (χ2v) is 18.1. The Balaban J connectivity index is 4.43. The fraction of sp³-hybridized carbons (Fsp3) is 0.689. The van der Waals surface area contributed by atoms with E-state index in [-0.39, 0.29) is 31.1 Å². The quantitative estimate of drug-likeness (QED) is 0.0262. The number of esters is 3. The first kappa shape index (κ1) is 63.3. The van der Waals surface area contributed by atoms with Gasteiger partial charge >= 0.3 is 17.9 Å². The van der Waals surface area contributed by atoms with Crippen molar-refractivity contribution in [1.29, 1.82) is 0 Å². The highest BCUT2D eigenvalue weighted by Crippen LogP contribution is 2.14. The number of hydrogen-bond acceptors (Lipinski definition) is 6. The molecule has 0 spiro atoms. The average Bonchev–Trinajstić information content (AvgIpc) is 3.33. The van der Waals surface area contributed by atoms with Crippen LogP contribution in [0.3, 0.4) is 0 Å². The van der Waals surface area contributed by atoms with Crippen LogP contribution in [0.25, 0.3) is 0 Å².